The number of pyridine rings is 1. The molecule has 0 saturated heterocycles. The average Bonchev–Trinajstić information content (AvgIpc) is 2.96. The third kappa shape index (κ3) is 2.61. The Morgan fingerprint density at radius 2 is 2.23 bits per heavy atom. The van der Waals surface area contributed by atoms with E-state index in [4.69, 9.17) is 5.73 Å². The van der Waals surface area contributed by atoms with Gasteiger partial charge in [0.25, 0.3) is 0 Å². The number of hydrogen-bond acceptors (Lipinski definition) is 4. The van der Waals surface area contributed by atoms with Crippen molar-refractivity contribution in [3.05, 3.63) is 24.0 Å². The van der Waals surface area contributed by atoms with Gasteiger partial charge in [-0.05, 0) is 25.3 Å². The first kappa shape index (κ1) is 14.4. The number of nitrogens with one attached hydrogen (secondary N) is 2. The van der Waals surface area contributed by atoms with E-state index < -0.39 is 5.97 Å². The van der Waals surface area contributed by atoms with Crippen LogP contribution in [-0.2, 0) is 4.79 Å². The largest absolute Gasteiger partial charge is 0.478 e. The van der Waals surface area contributed by atoms with Crippen LogP contribution in [0.4, 0.5) is 5.69 Å². The number of carboxylic acids is 1. The lowest BCUT2D eigenvalue weighted by molar-refractivity contribution is -0.122. The van der Waals surface area contributed by atoms with Crippen molar-refractivity contribution in [2.45, 2.75) is 31.7 Å². The summed E-state index contributed by atoms with van der Waals surface area (Å²) in [5.41, 5.74) is 6.72. The highest BCUT2D eigenvalue weighted by atomic mass is 16.4. The van der Waals surface area contributed by atoms with Gasteiger partial charge in [0.05, 0.1) is 5.69 Å². The maximum Gasteiger partial charge on any atom is 0.339 e. The Kier molecular flexibility index (Phi) is 3.70. The monoisotopic (exact) mass is 302 g/mol. The van der Waals surface area contributed by atoms with Crippen LogP contribution in [0.1, 0.15) is 36.0 Å². The molecule has 7 nitrogen and oxygen atoms in total. The average molecular weight is 302 g/mol. The van der Waals surface area contributed by atoms with E-state index in [0.29, 0.717) is 17.8 Å². The summed E-state index contributed by atoms with van der Waals surface area (Å²) in [4.78, 5) is 29.9. The number of carbonyl (C=O) groups is 2. The van der Waals surface area contributed by atoms with Crippen LogP contribution in [0.2, 0.25) is 0 Å². The molecule has 0 bridgehead atoms. The van der Waals surface area contributed by atoms with E-state index in [1.807, 2.05) is 0 Å². The van der Waals surface area contributed by atoms with Crippen molar-refractivity contribution in [1.29, 1.82) is 0 Å². The molecular weight excluding hydrogens is 284 g/mol. The van der Waals surface area contributed by atoms with Gasteiger partial charge in [-0.3, -0.25) is 4.79 Å². The van der Waals surface area contributed by atoms with E-state index >= 15 is 0 Å². The zero-order chi connectivity index (χ0) is 15.7. The van der Waals surface area contributed by atoms with Crippen LogP contribution in [-0.4, -0.2) is 33.0 Å². The quantitative estimate of drug-likeness (QED) is 0.685. The minimum absolute atomic E-state index is 0.0323. The Labute approximate surface area is 126 Å². The molecule has 1 aliphatic carbocycles. The molecule has 116 valence electrons. The van der Waals surface area contributed by atoms with Gasteiger partial charge in [0.1, 0.15) is 11.2 Å². The number of primary amides is 1. The number of amides is 1. The van der Waals surface area contributed by atoms with E-state index in [2.05, 4.69) is 15.3 Å². The molecule has 2 heterocycles. The maximum absolute atomic E-state index is 11.4. The lowest BCUT2D eigenvalue weighted by atomic mass is 9.85. The molecule has 0 aromatic carbocycles. The minimum atomic E-state index is -1.03. The number of anilines is 1. The maximum atomic E-state index is 11.4. The van der Waals surface area contributed by atoms with Gasteiger partial charge in [-0.15, -0.1) is 0 Å². The molecule has 0 spiro atoms. The first-order valence-electron chi connectivity index (χ1n) is 7.31. The summed E-state index contributed by atoms with van der Waals surface area (Å²) in [5.74, 6) is -1.46. The summed E-state index contributed by atoms with van der Waals surface area (Å²) in [6.07, 6.45) is 6.28. The van der Waals surface area contributed by atoms with Gasteiger partial charge in [0, 0.05) is 29.7 Å². The second-order valence-corrected chi connectivity index (χ2v) is 5.70. The molecule has 1 saturated carbocycles. The summed E-state index contributed by atoms with van der Waals surface area (Å²) in [6.45, 7) is 0. The van der Waals surface area contributed by atoms with E-state index in [1.54, 1.807) is 12.3 Å². The first-order chi connectivity index (χ1) is 10.6. The normalized spacial score (nSPS) is 21.6. The molecule has 5 N–H and O–H groups in total. The molecule has 0 aliphatic heterocycles. The van der Waals surface area contributed by atoms with Crippen LogP contribution in [0.5, 0.6) is 0 Å². The van der Waals surface area contributed by atoms with Crippen LogP contribution in [0, 0.1) is 5.92 Å². The zero-order valence-corrected chi connectivity index (χ0v) is 12.0. The summed E-state index contributed by atoms with van der Waals surface area (Å²) >= 11 is 0. The van der Waals surface area contributed by atoms with E-state index in [1.165, 1.54) is 6.20 Å². The van der Waals surface area contributed by atoms with E-state index in [0.717, 1.165) is 24.6 Å². The highest BCUT2D eigenvalue weighted by molar-refractivity contribution is 6.03. The number of nitrogens with two attached hydrogens (primary N) is 1. The summed E-state index contributed by atoms with van der Waals surface area (Å²) in [5, 5.41) is 13.4. The Bertz CT molecular complexity index is 725. The van der Waals surface area contributed by atoms with Crippen LogP contribution in [0.15, 0.2) is 18.5 Å². The number of carbonyl (C=O) groups excluding carboxylic acids is 1. The number of aromatic nitrogens is 2. The topological polar surface area (TPSA) is 121 Å². The molecule has 7 heteroatoms. The Morgan fingerprint density at radius 1 is 1.41 bits per heavy atom. The van der Waals surface area contributed by atoms with Gasteiger partial charge in [0.15, 0.2) is 0 Å². The standard InChI is InChI=1S/C15H18N4O3/c16-13(20)8-2-1-3-9(6-8)19-12-10-4-5-17-14(10)18-7-11(12)15(21)22/h4-5,7-9H,1-3,6H2,(H2,16,20)(H,21,22)(H2,17,18,19)/t8-,9-/m0/s1. The molecule has 3 rings (SSSR count). The van der Waals surface area contributed by atoms with Crippen molar-refractivity contribution in [2.24, 2.45) is 11.7 Å². The predicted molar refractivity (Wildman–Crippen MR) is 81.6 cm³/mol. The summed E-state index contributed by atoms with van der Waals surface area (Å²) < 4.78 is 0. The fourth-order valence-electron chi connectivity index (χ4n) is 3.11. The van der Waals surface area contributed by atoms with Crippen LogP contribution in [0.3, 0.4) is 0 Å². The third-order valence-corrected chi connectivity index (χ3v) is 4.24. The van der Waals surface area contributed by atoms with Gasteiger partial charge in [0.2, 0.25) is 5.91 Å². The fourth-order valence-corrected chi connectivity index (χ4v) is 3.11. The molecule has 1 aliphatic rings. The molecule has 2 atom stereocenters. The van der Waals surface area contributed by atoms with Crippen molar-refractivity contribution < 1.29 is 14.7 Å². The zero-order valence-electron chi connectivity index (χ0n) is 12.0. The van der Waals surface area contributed by atoms with Crippen molar-refractivity contribution in [2.75, 3.05) is 5.32 Å². The number of aromatic carboxylic acids is 1. The summed E-state index contributed by atoms with van der Waals surface area (Å²) in [6, 6.07) is 1.83. The van der Waals surface area contributed by atoms with Crippen molar-refractivity contribution in [1.82, 2.24) is 9.97 Å². The number of aromatic amines is 1. The first-order valence-corrected chi connectivity index (χ1v) is 7.31. The number of H-pyrrole nitrogens is 1. The second kappa shape index (κ2) is 5.67. The number of hydrogen-bond donors (Lipinski definition) is 4. The molecule has 22 heavy (non-hydrogen) atoms. The SMILES string of the molecule is NC(=O)[C@H]1CCC[C@H](Nc2c(C(=O)O)cnc3[nH]ccc23)C1. The molecule has 0 unspecified atom stereocenters. The van der Waals surface area contributed by atoms with Crippen molar-refractivity contribution in [3.63, 3.8) is 0 Å². The van der Waals surface area contributed by atoms with Gasteiger partial charge in [-0.2, -0.15) is 0 Å². The molecular formula is C15H18N4O3. The number of nitrogens with zero attached hydrogens (tertiary/aromatic N) is 1. The van der Waals surface area contributed by atoms with Gasteiger partial charge >= 0.3 is 5.97 Å². The Hall–Kier alpha value is -2.57. The van der Waals surface area contributed by atoms with Crippen molar-refractivity contribution >= 4 is 28.6 Å². The lowest BCUT2D eigenvalue weighted by Gasteiger charge is -2.29. The van der Waals surface area contributed by atoms with Crippen LogP contribution < -0.4 is 11.1 Å². The molecule has 2 aromatic rings. The number of carboxylic acid groups (broad SMARTS) is 1. The van der Waals surface area contributed by atoms with Crippen LogP contribution in [0.25, 0.3) is 11.0 Å². The smallest absolute Gasteiger partial charge is 0.339 e. The third-order valence-electron chi connectivity index (χ3n) is 4.24. The fraction of sp³-hybridized carbons (Fsp3) is 0.400. The highest BCUT2D eigenvalue weighted by Gasteiger charge is 2.27. The Morgan fingerprint density at radius 3 is 2.95 bits per heavy atom. The minimum Gasteiger partial charge on any atom is -0.478 e. The van der Waals surface area contributed by atoms with Gasteiger partial charge in [-0.1, -0.05) is 6.42 Å². The second-order valence-electron chi connectivity index (χ2n) is 5.70. The number of rotatable bonds is 4. The molecule has 0 radical (unpaired) electrons. The van der Waals surface area contributed by atoms with E-state index in [-0.39, 0.29) is 23.4 Å². The lowest BCUT2D eigenvalue weighted by Crippen LogP contribution is -2.34. The van der Waals surface area contributed by atoms with Crippen LogP contribution >= 0.6 is 0 Å². The molecule has 1 amide bonds. The van der Waals surface area contributed by atoms with Gasteiger partial charge < -0.3 is 21.1 Å². The Balaban J connectivity index is 1.92. The van der Waals surface area contributed by atoms with Gasteiger partial charge in [-0.25, -0.2) is 9.78 Å². The molecule has 2 aromatic heterocycles. The van der Waals surface area contributed by atoms with Crippen molar-refractivity contribution in [3.8, 4) is 0 Å². The predicted octanol–water partition coefficient (Wildman–Crippen LogP) is 1.72. The molecule has 1 fully saturated rings. The number of fused-ring (bicyclic) bond motifs is 1. The highest BCUT2D eigenvalue weighted by Crippen LogP contribution is 2.31. The van der Waals surface area contributed by atoms with E-state index in [9.17, 15) is 14.7 Å². The summed E-state index contributed by atoms with van der Waals surface area (Å²) in [7, 11) is 0.